The number of benzene rings is 1. The number of nitrogens with one attached hydrogen (secondary N) is 1. The monoisotopic (exact) mass is 555 g/mol. The Morgan fingerprint density at radius 1 is 1.11 bits per heavy atom. The van der Waals surface area contributed by atoms with E-state index in [-0.39, 0.29) is 29.1 Å². The molecule has 1 aromatic carbocycles. The lowest BCUT2D eigenvalue weighted by molar-refractivity contribution is -0.145. The van der Waals surface area contributed by atoms with Gasteiger partial charge in [0.25, 0.3) is 0 Å². The average Bonchev–Trinajstić information content (AvgIpc) is 3.18. The molecule has 0 bridgehead atoms. The summed E-state index contributed by atoms with van der Waals surface area (Å²) in [5, 5.41) is 2.61. The molecule has 1 saturated heterocycles. The Hall–Kier alpha value is -3.52. The summed E-state index contributed by atoms with van der Waals surface area (Å²) >= 11 is 0. The van der Waals surface area contributed by atoms with Gasteiger partial charge >= 0.3 is 6.18 Å². The number of halogens is 5. The largest absolute Gasteiger partial charge is 0.451 e. The quantitative estimate of drug-likeness (QED) is 0.464. The fourth-order valence-corrected chi connectivity index (χ4v) is 5.93. The standard InChI is InChI=1S/C24H22F5N5O3S/c1-13-9-30-20(16-11-32-23(33-12-16)24(27,28)29)7-15(13)10-31-22(35)21-8-19(26)14(2)34(21)38(36,37)18-5-3-17(25)4-6-18/h3-7,9,11-12,14,19,21H,8,10H2,1-2H3,(H,31,35)/t14-,19+,21-/m0/s1. The smallest absolute Gasteiger partial charge is 0.351 e. The van der Waals surface area contributed by atoms with Gasteiger partial charge in [0.1, 0.15) is 18.0 Å². The number of pyridine rings is 1. The number of amides is 1. The second-order valence-corrected chi connectivity index (χ2v) is 10.6. The summed E-state index contributed by atoms with van der Waals surface area (Å²) in [4.78, 5) is 23.6. The molecule has 1 aliphatic rings. The van der Waals surface area contributed by atoms with Gasteiger partial charge in [-0.25, -0.2) is 27.2 Å². The van der Waals surface area contributed by atoms with E-state index < -0.39 is 52.0 Å². The molecule has 3 aromatic rings. The van der Waals surface area contributed by atoms with Crippen molar-refractivity contribution in [1.82, 2.24) is 24.6 Å². The second-order valence-electron chi connectivity index (χ2n) is 8.80. The summed E-state index contributed by atoms with van der Waals surface area (Å²) in [5.41, 5.74) is 1.65. The maximum Gasteiger partial charge on any atom is 0.451 e. The van der Waals surface area contributed by atoms with Crippen molar-refractivity contribution in [3.05, 3.63) is 71.7 Å². The van der Waals surface area contributed by atoms with Gasteiger partial charge in [0, 0.05) is 37.1 Å². The summed E-state index contributed by atoms with van der Waals surface area (Å²) in [6.45, 7) is 2.96. The summed E-state index contributed by atoms with van der Waals surface area (Å²) in [6.07, 6.45) is -3.24. The van der Waals surface area contributed by atoms with Crippen molar-refractivity contribution >= 4 is 15.9 Å². The van der Waals surface area contributed by atoms with Crippen LogP contribution < -0.4 is 5.32 Å². The minimum Gasteiger partial charge on any atom is -0.351 e. The third-order valence-corrected chi connectivity index (χ3v) is 8.25. The molecule has 0 spiro atoms. The minimum absolute atomic E-state index is 0.0893. The number of nitrogens with zero attached hydrogens (tertiary/aromatic N) is 4. The Bertz CT molecular complexity index is 1430. The number of rotatable bonds is 6. The van der Waals surface area contributed by atoms with E-state index in [9.17, 15) is 35.2 Å². The first-order valence-corrected chi connectivity index (χ1v) is 12.8. The van der Waals surface area contributed by atoms with Crippen LogP contribution in [0.25, 0.3) is 11.3 Å². The Balaban J connectivity index is 1.53. The molecular weight excluding hydrogens is 533 g/mol. The van der Waals surface area contributed by atoms with Crippen LogP contribution in [0.3, 0.4) is 0 Å². The van der Waals surface area contributed by atoms with E-state index >= 15 is 0 Å². The van der Waals surface area contributed by atoms with E-state index in [2.05, 4.69) is 20.3 Å². The second kappa shape index (κ2) is 10.3. The zero-order valence-corrected chi connectivity index (χ0v) is 20.9. The number of carbonyl (C=O) groups is 1. The summed E-state index contributed by atoms with van der Waals surface area (Å²) in [6, 6.07) is 3.07. The Kier molecular flexibility index (Phi) is 7.48. The number of aryl methyl sites for hydroxylation is 1. The molecule has 14 heteroatoms. The SMILES string of the molecule is Cc1cnc(-c2cnc(C(F)(F)F)nc2)cc1CNC(=O)[C@@H]1C[C@@H](F)[C@H](C)N1S(=O)(=O)c1ccc(F)cc1. The van der Waals surface area contributed by atoms with Gasteiger partial charge in [0.05, 0.1) is 16.6 Å². The predicted octanol–water partition coefficient (Wildman–Crippen LogP) is 3.81. The zero-order chi connectivity index (χ0) is 27.8. The Labute approximate surface area is 215 Å². The maximum absolute atomic E-state index is 14.6. The number of hydrogen-bond acceptors (Lipinski definition) is 6. The third kappa shape index (κ3) is 5.50. The molecular formula is C24H22F5N5O3S. The first-order valence-electron chi connectivity index (χ1n) is 11.3. The fourth-order valence-electron chi connectivity index (χ4n) is 4.12. The van der Waals surface area contributed by atoms with E-state index in [4.69, 9.17) is 0 Å². The lowest BCUT2D eigenvalue weighted by Gasteiger charge is -2.27. The molecule has 3 heterocycles. The van der Waals surface area contributed by atoms with Crippen molar-refractivity contribution in [3.63, 3.8) is 0 Å². The molecule has 4 rings (SSSR count). The molecule has 3 atom stereocenters. The van der Waals surface area contributed by atoms with Crippen LogP contribution >= 0.6 is 0 Å². The van der Waals surface area contributed by atoms with Crippen LogP contribution in [0.15, 0.2) is 53.8 Å². The lowest BCUT2D eigenvalue weighted by atomic mass is 10.1. The van der Waals surface area contributed by atoms with E-state index in [0.29, 0.717) is 11.1 Å². The normalized spacial score (nSPS) is 20.4. The number of hydrogen-bond donors (Lipinski definition) is 1. The summed E-state index contributed by atoms with van der Waals surface area (Å²) < 4.78 is 93.4. The molecule has 0 saturated carbocycles. The molecule has 0 unspecified atom stereocenters. The Morgan fingerprint density at radius 2 is 1.74 bits per heavy atom. The molecule has 202 valence electrons. The van der Waals surface area contributed by atoms with Crippen LogP contribution in [0.2, 0.25) is 0 Å². The van der Waals surface area contributed by atoms with E-state index in [1.54, 1.807) is 6.92 Å². The highest BCUT2D eigenvalue weighted by molar-refractivity contribution is 7.89. The highest BCUT2D eigenvalue weighted by atomic mass is 32.2. The minimum atomic E-state index is -4.69. The van der Waals surface area contributed by atoms with Crippen molar-refractivity contribution in [3.8, 4) is 11.3 Å². The first-order chi connectivity index (χ1) is 17.8. The maximum atomic E-state index is 14.6. The van der Waals surface area contributed by atoms with Gasteiger partial charge in [0.15, 0.2) is 0 Å². The van der Waals surface area contributed by atoms with Gasteiger partial charge in [-0.2, -0.15) is 17.5 Å². The van der Waals surface area contributed by atoms with Crippen LogP contribution in [0, 0.1) is 12.7 Å². The third-order valence-electron chi connectivity index (χ3n) is 6.24. The van der Waals surface area contributed by atoms with Gasteiger partial charge in [0.2, 0.25) is 21.8 Å². The van der Waals surface area contributed by atoms with E-state index in [1.807, 2.05) is 0 Å². The van der Waals surface area contributed by atoms with Gasteiger partial charge in [-0.1, -0.05) is 0 Å². The molecule has 1 N–H and O–H groups in total. The van der Waals surface area contributed by atoms with Crippen LogP contribution in [0.4, 0.5) is 22.0 Å². The number of aromatic nitrogens is 3. The van der Waals surface area contributed by atoms with Crippen LogP contribution in [0.1, 0.15) is 30.3 Å². The molecule has 2 aromatic heterocycles. The van der Waals surface area contributed by atoms with E-state index in [1.165, 1.54) is 19.2 Å². The van der Waals surface area contributed by atoms with E-state index in [0.717, 1.165) is 41.0 Å². The molecule has 0 aliphatic carbocycles. The number of carbonyl (C=O) groups excluding carboxylic acids is 1. The number of alkyl halides is 4. The van der Waals surface area contributed by atoms with Crippen molar-refractivity contribution in [2.45, 2.75) is 56.1 Å². The van der Waals surface area contributed by atoms with Gasteiger partial charge < -0.3 is 5.32 Å². The number of sulfonamides is 1. The van der Waals surface area contributed by atoms with Gasteiger partial charge in [-0.15, -0.1) is 0 Å². The molecule has 1 amide bonds. The topological polar surface area (TPSA) is 105 Å². The molecule has 0 radical (unpaired) electrons. The average molecular weight is 556 g/mol. The summed E-state index contributed by atoms with van der Waals surface area (Å²) in [7, 11) is -4.32. The zero-order valence-electron chi connectivity index (χ0n) is 20.1. The van der Waals surface area contributed by atoms with Crippen LogP contribution in [0.5, 0.6) is 0 Å². The molecule has 1 fully saturated rings. The van der Waals surface area contributed by atoms with Crippen LogP contribution in [-0.2, 0) is 27.5 Å². The van der Waals surface area contributed by atoms with Crippen molar-refractivity contribution in [2.75, 3.05) is 0 Å². The Morgan fingerprint density at radius 3 is 2.34 bits per heavy atom. The highest BCUT2D eigenvalue weighted by Gasteiger charge is 2.49. The fraction of sp³-hybridized carbons (Fsp3) is 0.333. The summed E-state index contributed by atoms with van der Waals surface area (Å²) in [5.74, 6) is -2.68. The van der Waals surface area contributed by atoms with Crippen LogP contribution in [-0.4, -0.2) is 51.8 Å². The highest BCUT2D eigenvalue weighted by Crippen LogP contribution is 2.33. The van der Waals surface area contributed by atoms with Crippen molar-refractivity contribution in [2.24, 2.45) is 0 Å². The molecule has 38 heavy (non-hydrogen) atoms. The molecule has 8 nitrogen and oxygen atoms in total. The van der Waals surface area contributed by atoms with Crippen molar-refractivity contribution < 1.29 is 35.2 Å². The first kappa shape index (κ1) is 27.5. The van der Waals surface area contributed by atoms with Gasteiger partial charge in [-0.3, -0.25) is 9.78 Å². The predicted molar refractivity (Wildman–Crippen MR) is 125 cm³/mol. The molecule has 1 aliphatic heterocycles. The van der Waals surface area contributed by atoms with Crippen molar-refractivity contribution in [1.29, 1.82) is 0 Å². The lowest BCUT2D eigenvalue weighted by Crippen LogP contribution is -2.48. The van der Waals surface area contributed by atoms with Gasteiger partial charge in [-0.05, 0) is 55.3 Å².